The van der Waals surface area contributed by atoms with Gasteiger partial charge in [0.05, 0.1) is 0 Å². The second kappa shape index (κ2) is 14.0. The molecule has 0 saturated heterocycles. The van der Waals surface area contributed by atoms with Crippen molar-refractivity contribution in [2.45, 2.75) is 77.7 Å². The van der Waals surface area contributed by atoms with E-state index in [1.165, 1.54) is 73.6 Å². The van der Waals surface area contributed by atoms with E-state index in [2.05, 4.69) is 110 Å². The maximum atomic E-state index is 6.75. The predicted octanol–water partition coefficient (Wildman–Crippen LogP) is 11.0. The van der Waals surface area contributed by atoms with Crippen molar-refractivity contribution < 1.29 is 4.74 Å². The average Bonchev–Trinajstić information content (AvgIpc) is 3.47. The van der Waals surface area contributed by atoms with Gasteiger partial charge in [-0.1, -0.05) is 99.5 Å². The molecule has 5 rings (SSSR count). The Morgan fingerprint density at radius 1 is 0.769 bits per heavy atom. The third-order valence-electron chi connectivity index (χ3n) is 8.87. The Morgan fingerprint density at radius 2 is 1.44 bits per heavy atom. The van der Waals surface area contributed by atoms with Crippen LogP contribution >= 0.6 is 11.3 Å². The molecule has 2 heteroatoms. The van der Waals surface area contributed by atoms with Crippen LogP contribution in [0.15, 0.2) is 95.7 Å². The highest BCUT2D eigenvalue weighted by Crippen LogP contribution is 2.44. The molecule has 1 aliphatic rings. The second-order valence-corrected chi connectivity index (χ2v) is 12.1. The van der Waals surface area contributed by atoms with Crippen molar-refractivity contribution in [3.63, 3.8) is 0 Å². The Kier molecular flexibility index (Phi) is 9.94. The van der Waals surface area contributed by atoms with E-state index in [1.54, 1.807) is 5.56 Å². The monoisotopic (exact) mass is 536 g/mol. The van der Waals surface area contributed by atoms with Crippen LogP contribution in [0.2, 0.25) is 0 Å². The number of hydrogen-bond acceptors (Lipinski definition) is 2. The molecule has 0 bridgehead atoms. The number of thiophene rings is 1. The van der Waals surface area contributed by atoms with Crippen LogP contribution < -0.4 is 4.74 Å². The zero-order chi connectivity index (χ0) is 26.9. The largest absolute Gasteiger partial charge is 0.485 e. The van der Waals surface area contributed by atoms with E-state index in [0.29, 0.717) is 5.92 Å². The van der Waals surface area contributed by atoms with Gasteiger partial charge in [0.1, 0.15) is 11.9 Å². The Morgan fingerprint density at radius 3 is 2.10 bits per heavy atom. The maximum absolute atomic E-state index is 6.75. The first-order valence-corrected chi connectivity index (χ1v) is 16.1. The number of ether oxygens (including phenoxy) is 1. The molecule has 0 N–H and O–H groups in total. The van der Waals surface area contributed by atoms with Crippen LogP contribution in [-0.2, 0) is 12.8 Å². The lowest BCUT2D eigenvalue weighted by Gasteiger charge is -2.37. The van der Waals surface area contributed by atoms with Gasteiger partial charge >= 0.3 is 0 Å². The van der Waals surface area contributed by atoms with Crippen LogP contribution in [0.1, 0.15) is 81.6 Å². The summed E-state index contributed by atoms with van der Waals surface area (Å²) < 4.78 is 6.75. The zero-order valence-electron chi connectivity index (χ0n) is 23.7. The highest BCUT2D eigenvalue weighted by atomic mass is 32.1. The molecule has 0 amide bonds. The summed E-state index contributed by atoms with van der Waals surface area (Å²) in [6.45, 7) is 4.54. The van der Waals surface area contributed by atoms with Crippen LogP contribution in [0.4, 0.5) is 0 Å². The second-order valence-electron chi connectivity index (χ2n) is 11.4. The Hall–Kier alpha value is -2.84. The first-order chi connectivity index (χ1) is 19.2. The molecule has 39 heavy (non-hydrogen) atoms. The summed E-state index contributed by atoms with van der Waals surface area (Å²) in [5, 5.41) is 4.77. The number of hydrogen-bond donors (Lipinski definition) is 0. The van der Waals surface area contributed by atoms with Crippen LogP contribution in [0.3, 0.4) is 0 Å². The molecule has 1 fully saturated rings. The Balaban J connectivity index is 1.29. The highest BCUT2D eigenvalue weighted by molar-refractivity contribution is 7.08. The van der Waals surface area contributed by atoms with Gasteiger partial charge in [-0.3, -0.25) is 0 Å². The van der Waals surface area contributed by atoms with E-state index in [1.807, 2.05) is 11.3 Å². The van der Waals surface area contributed by atoms with Gasteiger partial charge in [0.25, 0.3) is 0 Å². The van der Waals surface area contributed by atoms with Crippen molar-refractivity contribution in [3.05, 3.63) is 112 Å². The number of benzene rings is 3. The Bertz CT molecular complexity index is 1240. The smallest absolute Gasteiger partial charge is 0.127 e. The summed E-state index contributed by atoms with van der Waals surface area (Å²) in [6.07, 6.45) is 11.5. The predicted molar refractivity (Wildman–Crippen MR) is 168 cm³/mol. The standard InChI is InChI=1S/C37H44OS/c1-3-5-12-33(25-34-26-39-27-36(34)30-13-8-6-9-14-30)29-19-21-32(22-20-29)37(31-15-10-7-11-16-31)38-35-23-17-28(4-2)18-24-35/h6-11,13-18,23-24,26-27,29,32-33,37H,3-5,12,19-22,25H2,1-2H3/t29?,32?,33-,37?/m0/s1. The van der Waals surface area contributed by atoms with Gasteiger partial charge in [-0.15, -0.1) is 0 Å². The van der Waals surface area contributed by atoms with Crippen molar-refractivity contribution in [2.75, 3.05) is 0 Å². The summed E-state index contributed by atoms with van der Waals surface area (Å²) in [7, 11) is 0. The number of unbranched alkanes of at least 4 members (excludes halogenated alkanes) is 1. The maximum Gasteiger partial charge on any atom is 0.127 e. The minimum absolute atomic E-state index is 0.121. The first kappa shape index (κ1) is 27.7. The summed E-state index contributed by atoms with van der Waals surface area (Å²) in [4.78, 5) is 0. The fourth-order valence-corrected chi connectivity index (χ4v) is 7.43. The lowest BCUT2D eigenvalue weighted by Crippen LogP contribution is -2.28. The number of rotatable bonds is 12. The van der Waals surface area contributed by atoms with Gasteiger partial charge in [0.15, 0.2) is 0 Å². The van der Waals surface area contributed by atoms with Crippen molar-refractivity contribution in [2.24, 2.45) is 17.8 Å². The minimum Gasteiger partial charge on any atom is -0.485 e. The van der Waals surface area contributed by atoms with E-state index in [-0.39, 0.29) is 6.10 Å². The lowest BCUT2D eigenvalue weighted by atomic mass is 9.70. The third-order valence-corrected chi connectivity index (χ3v) is 9.66. The molecule has 0 radical (unpaired) electrons. The molecular weight excluding hydrogens is 492 g/mol. The van der Waals surface area contributed by atoms with Crippen molar-refractivity contribution >= 4 is 11.3 Å². The van der Waals surface area contributed by atoms with Gasteiger partial charge in [0.2, 0.25) is 0 Å². The summed E-state index contributed by atoms with van der Waals surface area (Å²) >= 11 is 1.86. The van der Waals surface area contributed by atoms with Crippen LogP contribution in [0.25, 0.3) is 11.1 Å². The zero-order valence-corrected chi connectivity index (χ0v) is 24.5. The van der Waals surface area contributed by atoms with Crippen LogP contribution in [0.5, 0.6) is 5.75 Å². The molecule has 0 spiro atoms. The third kappa shape index (κ3) is 7.22. The molecule has 1 nitrogen and oxygen atoms in total. The average molecular weight is 537 g/mol. The fraction of sp³-hybridized carbons (Fsp3) is 0.405. The molecular formula is C37H44OS. The highest BCUT2D eigenvalue weighted by Gasteiger charge is 2.33. The molecule has 2 atom stereocenters. The van der Waals surface area contributed by atoms with Crippen LogP contribution in [0, 0.1) is 17.8 Å². The lowest BCUT2D eigenvalue weighted by molar-refractivity contribution is 0.0809. The van der Waals surface area contributed by atoms with E-state index in [0.717, 1.165) is 24.0 Å². The van der Waals surface area contributed by atoms with E-state index < -0.39 is 0 Å². The van der Waals surface area contributed by atoms with Crippen molar-refractivity contribution in [1.29, 1.82) is 0 Å². The topological polar surface area (TPSA) is 9.23 Å². The first-order valence-electron chi connectivity index (χ1n) is 15.2. The molecule has 1 unspecified atom stereocenters. The van der Waals surface area contributed by atoms with Gasteiger partial charge in [-0.25, -0.2) is 0 Å². The quantitative estimate of drug-likeness (QED) is 0.175. The van der Waals surface area contributed by atoms with Gasteiger partial charge in [0, 0.05) is 5.92 Å². The number of aryl methyl sites for hydroxylation is 1. The molecule has 4 aromatic rings. The van der Waals surface area contributed by atoms with Gasteiger partial charge < -0.3 is 4.74 Å². The molecule has 1 aromatic heterocycles. The van der Waals surface area contributed by atoms with Crippen LogP contribution in [-0.4, -0.2) is 0 Å². The van der Waals surface area contributed by atoms with Gasteiger partial charge in [-0.2, -0.15) is 11.3 Å². The fourth-order valence-electron chi connectivity index (χ4n) is 6.55. The molecule has 1 aliphatic carbocycles. The molecule has 3 aromatic carbocycles. The molecule has 1 saturated carbocycles. The SMILES string of the molecule is CCCC[C@@H](Cc1cscc1-c1ccccc1)C1CCC(C(Oc2ccc(CC)cc2)c2ccccc2)CC1. The molecule has 1 heterocycles. The van der Waals surface area contributed by atoms with E-state index in [4.69, 9.17) is 4.74 Å². The molecule has 204 valence electrons. The van der Waals surface area contributed by atoms with Crippen molar-refractivity contribution in [1.82, 2.24) is 0 Å². The van der Waals surface area contributed by atoms with E-state index in [9.17, 15) is 0 Å². The summed E-state index contributed by atoms with van der Waals surface area (Å²) in [6, 6.07) is 30.6. The van der Waals surface area contributed by atoms with Crippen molar-refractivity contribution in [3.8, 4) is 16.9 Å². The Labute approximate surface area is 240 Å². The minimum atomic E-state index is 0.121. The summed E-state index contributed by atoms with van der Waals surface area (Å²) in [5.74, 6) is 3.12. The van der Waals surface area contributed by atoms with E-state index >= 15 is 0 Å². The summed E-state index contributed by atoms with van der Waals surface area (Å²) in [5.41, 5.74) is 7.03. The van der Waals surface area contributed by atoms with Gasteiger partial charge in [-0.05, 0) is 107 Å². The molecule has 0 aliphatic heterocycles. The normalized spacial score (nSPS) is 18.9.